The standard InChI is InChI=1S/C24H27N3O4/c28-23(29)14-17-6-4-5-16(13-17)9-10-19-20(22-12-11-21(19)31-22)15-25-27-24(30)26-18-7-2-1-3-8-18/h1-8,13,15,19-22H,9-12,14H2,(H,28,29)(H2,26,27,30)/b25-15+/t19-,20+,21+,22-/m1/s1. The van der Waals surface area contributed by atoms with E-state index in [1.54, 1.807) is 0 Å². The number of hydrogen-bond acceptors (Lipinski definition) is 4. The molecular weight excluding hydrogens is 394 g/mol. The Hall–Kier alpha value is -3.19. The average molecular weight is 421 g/mol. The summed E-state index contributed by atoms with van der Waals surface area (Å²) in [5.74, 6) is -0.318. The second-order valence-corrected chi connectivity index (χ2v) is 8.17. The fourth-order valence-electron chi connectivity index (χ4n) is 4.66. The summed E-state index contributed by atoms with van der Waals surface area (Å²) in [6.07, 6.45) is 6.10. The van der Waals surface area contributed by atoms with Crippen molar-refractivity contribution in [2.45, 2.75) is 44.3 Å². The number of para-hydroxylation sites is 1. The average Bonchev–Trinajstić information content (AvgIpc) is 3.35. The molecule has 2 saturated heterocycles. The van der Waals surface area contributed by atoms with Crippen LogP contribution in [0.3, 0.4) is 0 Å². The molecule has 2 heterocycles. The fourth-order valence-corrected chi connectivity index (χ4v) is 4.66. The van der Waals surface area contributed by atoms with Gasteiger partial charge in [0, 0.05) is 17.8 Å². The second-order valence-electron chi connectivity index (χ2n) is 8.17. The zero-order chi connectivity index (χ0) is 21.6. The van der Waals surface area contributed by atoms with Crippen molar-refractivity contribution in [2.24, 2.45) is 16.9 Å². The number of benzene rings is 2. The van der Waals surface area contributed by atoms with Gasteiger partial charge in [-0.2, -0.15) is 5.10 Å². The largest absolute Gasteiger partial charge is 0.481 e. The topological polar surface area (TPSA) is 100 Å². The zero-order valence-electron chi connectivity index (χ0n) is 17.2. The number of carboxylic acid groups (broad SMARTS) is 1. The molecule has 2 aliphatic heterocycles. The van der Waals surface area contributed by atoms with Crippen LogP contribution in [0.1, 0.15) is 30.4 Å². The summed E-state index contributed by atoms with van der Waals surface area (Å²) in [5.41, 5.74) is 5.21. The lowest BCUT2D eigenvalue weighted by atomic mass is 9.77. The molecule has 2 bridgehead atoms. The first-order valence-corrected chi connectivity index (χ1v) is 10.7. The third-order valence-electron chi connectivity index (χ3n) is 6.04. The summed E-state index contributed by atoms with van der Waals surface area (Å²) < 4.78 is 6.12. The Morgan fingerprint density at radius 1 is 1.06 bits per heavy atom. The summed E-state index contributed by atoms with van der Waals surface area (Å²) >= 11 is 0. The lowest BCUT2D eigenvalue weighted by Crippen LogP contribution is -2.30. The van der Waals surface area contributed by atoms with Crippen molar-refractivity contribution >= 4 is 23.9 Å². The Kier molecular flexibility index (Phi) is 6.62. The Morgan fingerprint density at radius 2 is 1.84 bits per heavy atom. The molecule has 2 amide bonds. The van der Waals surface area contributed by atoms with Gasteiger partial charge >= 0.3 is 12.0 Å². The number of nitrogens with one attached hydrogen (secondary N) is 2. The molecule has 0 unspecified atom stereocenters. The Bertz CT molecular complexity index is 947. The van der Waals surface area contributed by atoms with E-state index in [9.17, 15) is 9.59 Å². The van der Waals surface area contributed by atoms with Gasteiger partial charge in [-0.25, -0.2) is 10.2 Å². The number of anilines is 1. The van der Waals surface area contributed by atoms with Crippen molar-refractivity contribution in [3.8, 4) is 0 Å². The van der Waals surface area contributed by atoms with Crippen LogP contribution in [-0.2, 0) is 22.4 Å². The molecule has 4 atom stereocenters. The van der Waals surface area contributed by atoms with Gasteiger partial charge in [-0.3, -0.25) is 4.79 Å². The maximum absolute atomic E-state index is 12.0. The Morgan fingerprint density at radius 3 is 2.65 bits per heavy atom. The number of nitrogens with zero attached hydrogens (tertiary/aromatic N) is 1. The molecule has 7 heteroatoms. The van der Waals surface area contributed by atoms with E-state index in [0.717, 1.165) is 36.8 Å². The Labute approximate surface area is 181 Å². The molecule has 2 fully saturated rings. The van der Waals surface area contributed by atoms with Gasteiger partial charge in [0.25, 0.3) is 0 Å². The van der Waals surface area contributed by atoms with Crippen molar-refractivity contribution in [1.29, 1.82) is 0 Å². The van der Waals surface area contributed by atoms with Gasteiger partial charge < -0.3 is 15.2 Å². The predicted molar refractivity (Wildman–Crippen MR) is 118 cm³/mol. The zero-order valence-corrected chi connectivity index (χ0v) is 17.2. The summed E-state index contributed by atoms with van der Waals surface area (Å²) in [6, 6.07) is 16.6. The van der Waals surface area contributed by atoms with E-state index in [-0.39, 0.29) is 30.6 Å². The molecule has 2 aromatic rings. The summed E-state index contributed by atoms with van der Waals surface area (Å²) in [4.78, 5) is 23.0. The van der Waals surface area contributed by atoms with Crippen LogP contribution >= 0.6 is 0 Å². The van der Waals surface area contributed by atoms with Crippen molar-refractivity contribution in [3.63, 3.8) is 0 Å². The summed E-state index contributed by atoms with van der Waals surface area (Å²) in [7, 11) is 0. The Balaban J connectivity index is 1.33. The van der Waals surface area contributed by atoms with E-state index >= 15 is 0 Å². The van der Waals surface area contributed by atoms with Crippen LogP contribution in [0, 0.1) is 11.8 Å². The van der Waals surface area contributed by atoms with Gasteiger partial charge in [0.05, 0.1) is 18.6 Å². The molecule has 31 heavy (non-hydrogen) atoms. The first-order chi connectivity index (χ1) is 15.1. The first kappa shape index (κ1) is 21.1. The van der Waals surface area contributed by atoms with Crippen molar-refractivity contribution in [1.82, 2.24) is 5.43 Å². The van der Waals surface area contributed by atoms with Gasteiger partial charge in [-0.05, 0) is 54.9 Å². The van der Waals surface area contributed by atoms with Crippen LogP contribution in [-0.4, -0.2) is 35.5 Å². The number of urea groups is 1. The van der Waals surface area contributed by atoms with E-state index in [2.05, 4.69) is 15.8 Å². The van der Waals surface area contributed by atoms with E-state index in [0.29, 0.717) is 11.6 Å². The highest BCUT2D eigenvalue weighted by atomic mass is 16.5. The minimum atomic E-state index is -0.821. The van der Waals surface area contributed by atoms with Crippen LogP contribution in [0.4, 0.5) is 10.5 Å². The monoisotopic (exact) mass is 421 g/mol. The molecule has 0 aliphatic carbocycles. The van der Waals surface area contributed by atoms with E-state index < -0.39 is 5.97 Å². The van der Waals surface area contributed by atoms with Crippen LogP contribution < -0.4 is 10.7 Å². The van der Waals surface area contributed by atoms with Gasteiger partial charge in [0.2, 0.25) is 0 Å². The molecule has 162 valence electrons. The minimum Gasteiger partial charge on any atom is -0.481 e. The number of carbonyl (C=O) groups is 2. The van der Waals surface area contributed by atoms with Crippen LogP contribution in [0.25, 0.3) is 0 Å². The third kappa shape index (κ3) is 5.49. The number of hydrogen-bond donors (Lipinski definition) is 3. The number of fused-ring (bicyclic) bond motifs is 2. The highest BCUT2D eigenvalue weighted by Crippen LogP contribution is 2.44. The van der Waals surface area contributed by atoms with Gasteiger partial charge in [-0.15, -0.1) is 0 Å². The molecule has 0 radical (unpaired) electrons. The molecule has 2 aliphatic rings. The number of carboxylic acids is 1. The number of carbonyl (C=O) groups excluding carboxylic acids is 1. The minimum absolute atomic E-state index is 0.0388. The molecule has 4 rings (SSSR count). The molecule has 0 aromatic heterocycles. The van der Waals surface area contributed by atoms with Gasteiger partial charge in [0.1, 0.15) is 0 Å². The lowest BCUT2D eigenvalue weighted by Gasteiger charge is -2.25. The predicted octanol–water partition coefficient (Wildman–Crippen LogP) is 3.85. The van der Waals surface area contributed by atoms with Crippen molar-refractivity contribution in [2.75, 3.05) is 5.32 Å². The molecular formula is C24H27N3O4. The molecule has 0 saturated carbocycles. The number of hydrazone groups is 1. The summed E-state index contributed by atoms with van der Waals surface area (Å²) in [6.45, 7) is 0. The van der Waals surface area contributed by atoms with Gasteiger partial charge in [0.15, 0.2) is 0 Å². The smallest absolute Gasteiger partial charge is 0.339 e. The maximum atomic E-state index is 12.0. The van der Waals surface area contributed by atoms with Crippen molar-refractivity contribution in [3.05, 3.63) is 65.7 Å². The second kappa shape index (κ2) is 9.75. The molecule has 3 N–H and O–H groups in total. The number of aliphatic carboxylic acids is 1. The quantitative estimate of drug-likeness (QED) is 0.445. The molecule has 2 aromatic carbocycles. The fraction of sp³-hybridized carbons (Fsp3) is 0.375. The van der Waals surface area contributed by atoms with Crippen LogP contribution in [0.5, 0.6) is 0 Å². The normalized spacial score (nSPS) is 24.4. The van der Waals surface area contributed by atoms with E-state index in [4.69, 9.17) is 9.84 Å². The number of amides is 2. The van der Waals surface area contributed by atoms with Crippen LogP contribution in [0.2, 0.25) is 0 Å². The third-order valence-corrected chi connectivity index (χ3v) is 6.04. The number of rotatable bonds is 8. The van der Waals surface area contributed by atoms with Crippen molar-refractivity contribution < 1.29 is 19.4 Å². The SMILES string of the molecule is O=C(O)Cc1cccc(CC[C@@H]2[C@H](/C=N/NC(=O)Nc3ccccc3)[C@H]3CC[C@@H]2O3)c1. The lowest BCUT2D eigenvalue weighted by molar-refractivity contribution is -0.136. The summed E-state index contributed by atoms with van der Waals surface area (Å²) in [5, 5.41) is 15.9. The van der Waals surface area contributed by atoms with E-state index in [1.165, 1.54) is 0 Å². The number of aryl methyl sites for hydroxylation is 1. The maximum Gasteiger partial charge on any atom is 0.339 e. The van der Waals surface area contributed by atoms with Crippen LogP contribution in [0.15, 0.2) is 59.7 Å². The first-order valence-electron chi connectivity index (χ1n) is 10.7. The van der Waals surface area contributed by atoms with Gasteiger partial charge in [-0.1, -0.05) is 42.5 Å². The molecule has 7 nitrogen and oxygen atoms in total. The highest BCUT2D eigenvalue weighted by molar-refractivity contribution is 5.89. The van der Waals surface area contributed by atoms with E-state index in [1.807, 2.05) is 60.8 Å². The highest BCUT2D eigenvalue weighted by Gasteiger charge is 2.47. The molecule has 0 spiro atoms. The number of ether oxygens (including phenoxy) is 1.